The monoisotopic (exact) mass is 256 g/mol. The van der Waals surface area contributed by atoms with Gasteiger partial charge in [-0.25, -0.2) is 4.98 Å². The van der Waals surface area contributed by atoms with Crippen LogP contribution in [0.3, 0.4) is 0 Å². The van der Waals surface area contributed by atoms with Crippen molar-refractivity contribution in [3.05, 3.63) is 39.9 Å². The largest absolute Gasteiger partial charge is 0.293 e. The summed E-state index contributed by atoms with van der Waals surface area (Å²) in [6.07, 6.45) is 5.04. The third-order valence-electron chi connectivity index (χ3n) is 3.86. The molecule has 3 heteroatoms. The molecule has 0 amide bonds. The van der Waals surface area contributed by atoms with Gasteiger partial charge in [-0.1, -0.05) is 26.0 Å². The maximum atomic E-state index is 12.8. The van der Waals surface area contributed by atoms with Crippen molar-refractivity contribution in [1.29, 1.82) is 0 Å². The molecule has 0 aliphatic heterocycles. The molecule has 1 aliphatic rings. The summed E-state index contributed by atoms with van der Waals surface area (Å²) in [5.74, 6) is 0.968. The molecule has 0 radical (unpaired) electrons. The van der Waals surface area contributed by atoms with Gasteiger partial charge in [-0.15, -0.1) is 0 Å². The molecule has 3 nitrogen and oxygen atoms in total. The Balaban J connectivity index is 2.33. The Morgan fingerprint density at radius 2 is 2.11 bits per heavy atom. The minimum absolute atomic E-state index is 0.174. The van der Waals surface area contributed by atoms with Crippen LogP contribution in [0.5, 0.6) is 0 Å². The van der Waals surface area contributed by atoms with Gasteiger partial charge in [0.2, 0.25) is 0 Å². The number of aromatic nitrogens is 2. The lowest BCUT2D eigenvalue weighted by Crippen LogP contribution is -2.25. The molecule has 1 fully saturated rings. The van der Waals surface area contributed by atoms with Crippen LogP contribution in [0.1, 0.15) is 50.5 Å². The number of hydrogen-bond donors (Lipinski definition) is 0. The zero-order chi connectivity index (χ0) is 13.4. The van der Waals surface area contributed by atoms with Crippen LogP contribution in [0.25, 0.3) is 10.9 Å². The fourth-order valence-corrected chi connectivity index (χ4v) is 2.76. The lowest BCUT2D eigenvalue weighted by molar-refractivity contribution is 0.630. The Hall–Kier alpha value is -1.64. The molecule has 0 unspecified atom stereocenters. The van der Waals surface area contributed by atoms with Crippen LogP contribution in [0.4, 0.5) is 0 Å². The van der Waals surface area contributed by atoms with Crippen molar-refractivity contribution in [2.45, 2.75) is 52.0 Å². The minimum Gasteiger partial charge on any atom is -0.293 e. The van der Waals surface area contributed by atoms with Gasteiger partial charge in [-0.3, -0.25) is 9.36 Å². The summed E-state index contributed by atoms with van der Waals surface area (Å²) in [5, 5.41) is 0.830. The molecule has 1 saturated carbocycles. The number of nitrogens with zero attached hydrogens (tertiary/aromatic N) is 2. The van der Waals surface area contributed by atoms with Crippen LogP contribution in [0.2, 0.25) is 0 Å². The summed E-state index contributed by atoms with van der Waals surface area (Å²) in [6, 6.07) is 6.41. The minimum atomic E-state index is 0.174. The summed E-state index contributed by atoms with van der Waals surface area (Å²) >= 11 is 0. The topological polar surface area (TPSA) is 34.9 Å². The smallest absolute Gasteiger partial charge is 0.261 e. The molecule has 3 rings (SSSR count). The van der Waals surface area contributed by atoms with Crippen molar-refractivity contribution in [2.24, 2.45) is 0 Å². The Morgan fingerprint density at radius 3 is 2.74 bits per heavy atom. The van der Waals surface area contributed by atoms with E-state index in [1.807, 2.05) is 22.8 Å². The van der Waals surface area contributed by atoms with Crippen LogP contribution in [-0.2, 0) is 12.8 Å². The van der Waals surface area contributed by atoms with E-state index in [9.17, 15) is 4.79 Å². The number of rotatable bonds is 4. The van der Waals surface area contributed by atoms with Gasteiger partial charge in [0.25, 0.3) is 5.56 Å². The average Bonchev–Trinajstić information content (AvgIpc) is 3.23. The molecule has 1 heterocycles. The molecule has 1 aromatic heterocycles. The molecule has 0 saturated heterocycles. The molecule has 19 heavy (non-hydrogen) atoms. The first-order chi connectivity index (χ1) is 9.26. The Bertz CT molecular complexity index is 668. The first kappa shape index (κ1) is 12.4. The first-order valence-electron chi connectivity index (χ1n) is 7.29. The molecule has 0 N–H and O–H groups in total. The average molecular weight is 256 g/mol. The van der Waals surface area contributed by atoms with E-state index in [2.05, 4.69) is 13.8 Å². The van der Waals surface area contributed by atoms with E-state index in [0.29, 0.717) is 6.04 Å². The van der Waals surface area contributed by atoms with Crippen LogP contribution < -0.4 is 5.56 Å². The van der Waals surface area contributed by atoms with Crippen molar-refractivity contribution in [1.82, 2.24) is 9.55 Å². The van der Waals surface area contributed by atoms with E-state index in [4.69, 9.17) is 4.98 Å². The van der Waals surface area contributed by atoms with Gasteiger partial charge in [-0.2, -0.15) is 0 Å². The van der Waals surface area contributed by atoms with Gasteiger partial charge < -0.3 is 0 Å². The highest BCUT2D eigenvalue weighted by molar-refractivity contribution is 5.81. The number of aryl methyl sites for hydroxylation is 2. The second-order valence-electron chi connectivity index (χ2n) is 5.35. The van der Waals surface area contributed by atoms with Crippen LogP contribution >= 0.6 is 0 Å². The zero-order valence-corrected chi connectivity index (χ0v) is 11.6. The molecule has 0 spiro atoms. The highest BCUT2D eigenvalue weighted by Crippen LogP contribution is 2.35. The molecule has 2 aromatic rings. The maximum Gasteiger partial charge on any atom is 0.261 e. The fourth-order valence-electron chi connectivity index (χ4n) is 2.76. The second kappa shape index (κ2) is 4.80. The van der Waals surface area contributed by atoms with Crippen molar-refractivity contribution < 1.29 is 0 Å². The molecular weight excluding hydrogens is 236 g/mol. The zero-order valence-electron chi connectivity index (χ0n) is 11.6. The van der Waals surface area contributed by atoms with E-state index >= 15 is 0 Å². The first-order valence-corrected chi connectivity index (χ1v) is 7.29. The fraction of sp³-hybridized carbons (Fsp3) is 0.500. The third-order valence-corrected chi connectivity index (χ3v) is 3.86. The Morgan fingerprint density at radius 1 is 1.32 bits per heavy atom. The molecular formula is C16H20N2O. The normalized spacial score (nSPS) is 15.1. The van der Waals surface area contributed by atoms with E-state index in [1.54, 1.807) is 0 Å². The molecule has 0 bridgehead atoms. The van der Waals surface area contributed by atoms with Crippen LogP contribution in [0, 0.1) is 0 Å². The second-order valence-corrected chi connectivity index (χ2v) is 5.35. The van der Waals surface area contributed by atoms with Gasteiger partial charge in [0, 0.05) is 12.5 Å². The van der Waals surface area contributed by atoms with E-state index in [0.717, 1.165) is 54.4 Å². The maximum absolute atomic E-state index is 12.8. The number of benzene rings is 1. The quantitative estimate of drug-likeness (QED) is 0.841. The van der Waals surface area contributed by atoms with Gasteiger partial charge in [0.05, 0.1) is 10.9 Å². The summed E-state index contributed by atoms with van der Waals surface area (Å²) in [6.45, 7) is 4.23. The highest BCUT2D eigenvalue weighted by Gasteiger charge is 2.28. The Kier molecular flexibility index (Phi) is 3.13. The number of fused-ring (bicyclic) bond motifs is 1. The van der Waals surface area contributed by atoms with E-state index in [-0.39, 0.29) is 5.56 Å². The molecule has 1 aromatic carbocycles. The lowest BCUT2D eigenvalue weighted by Gasteiger charge is -2.13. The van der Waals surface area contributed by atoms with Crippen molar-refractivity contribution in [3.63, 3.8) is 0 Å². The highest BCUT2D eigenvalue weighted by atomic mass is 16.1. The van der Waals surface area contributed by atoms with Crippen molar-refractivity contribution in [2.75, 3.05) is 0 Å². The molecule has 0 atom stereocenters. The summed E-state index contributed by atoms with van der Waals surface area (Å²) in [4.78, 5) is 17.6. The summed E-state index contributed by atoms with van der Waals surface area (Å²) < 4.78 is 1.96. The van der Waals surface area contributed by atoms with Crippen LogP contribution in [0.15, 0.2) is 23.0 Å². The van der Waals surface area contributed by atoms with Crippen molar-refractivity contribution >= 4 is 10.9 Å². The SMILES string of the molecule is CCCc1nc2cccc(CC)c2c(=O)n1C1CC1. The third kappa shape index (κ3) is 2.07. The number of hydrogen-bond acceptors (Lipinski definition) is 2. The standard InChI is InChI=1S/C16H20N2O/c1-3-6-14-17-13-8-5-7-11(4-2)15(13)16(19)18(14)12-9-10-12/h5,7-8,12H,3-4,6,9-10H2,1-2H3. The van der Waals surface area contributed by atoms with Gasteiger partial charge in [0.15, 0.2) is 0 Å². The van der Waals surface area contributed by atoms with Gasteiger partial charge >= 0.3 is 0 Å². The molecule has 1 aliphatic carbocycles. The predicted molar refractivity (Wildman–Crippen MR) is 77.6 cm³/mol. The van der Waals surface area contributed by atoms with Crippen molar-refractivity contribution in [3.8, 4) is 0 Å². The van der Waals surface area contributed by atoms with Crippen LogP contribution in [-0.4, -0.2) is 9.55 Å². The lowest BCUT2D eigenvalue weighted by atomic mass is 10.1. The predicted octanol–water partition coefficient (Wildman–Crippen LogP) is 3.25. The van der Waals surface area contributed by atoms with E-state index in [1.165, 1.54) is 0 Å². The summed E-state index contributed by atoms with van der Waals surface area (Å²) in [7, 11) is 0. The Labute approximate surface area is 113 Å². The van der Waals surface area contributed by atoms with Gasteiger partial charge in [-0.05, 0) is 37.3 Å². The van der Waals surface area contributed by atoms with Gasteiger partial charge in [0.1, 0.15) is 5.82 Å². The molecule has 100 valence electrons. The van der Waals surface area contributed by atoms with E-state index < -0.39 is 0 Å². The summed E-state index contributed by atoms with van der Waals surface area (Å²) in [5.41, 5.74) is 2.16.